The highest BCUT2D eigenvalue weighted by atomic mass is 16.5. The van der Waals surface area contributed by atoms with E-state index in [1.165, 1.54) is 0 Å². The highest BCUT2D eigenvalue weighted by Crippen LogP contribution is 2.21. The van der Waals surface area contributed by atoms with Crippen molar-refractivity contribution in [3.63, 3.8) is 0 Å². The summed E-state index contributed by atoms with van der Waals surface area (Å²) in [5.74, 6) is 1.42. The van der Waals surface area contributed by atoms with Crippen LogP contribution in [0.15, 0.2) is 12.7 Å². The molecule has 0 fully saturated rings. The summed E-state index contributed by atoms with van der Waals surface area (Å²) < 4.78 is 5.69. The van der Waals surface area contributed by atoms with Gasteiger partial charge in [0.2, 0.25) is 0 Å². The molecule has 0 aromatic carbocycles. The molecule has 1 unspecified atom stereocenters. The van der Waals surface area contributed by atoms with Gasteiger partial charge in [0.1, 0.15) is 0 Å². The van der Waals surface area contributed by atoms with E-state index in [0.29, 0.717) is 5.92 Å². The maximum atomic E-state index is 5.69. The summed E-state index contributed by atoms with van der Waals surface area (Å²) in [6, 6.07) is 0. The van der Waals surface area contributed by atoms with Crippen molar-refractivity contribution in [2.45, 2.75) is 47.5 Å². The predicted molar refractivity (Wildman–Crippen MR) is 80.9 cm³/mol. The molecule has 0 radical (unpaired) electrons. The highest BCUT2D eigenvalue weighted by molar-refractivity contribution is 4.93. The molecule has 2 nitrogen and oxygen atoms in total. The van der Waals surface area contributed by atoms with Gasteiger partial charge in [-0.25, -0.2) is 0 Å². The molecule has 0 saturated heterocycles. The van der Waals surface area contributed by atoms with Gasteiger partial charge in [0.15, 0.2) is 0 Å². The molecular formula is C16H33NO. The van der Waals surface area contributed by atoms with Crippen LogP contribution in [0.1, 0.15) is 47.5 Å². The Bertz CT molecular complexity index is 213. The molecule has 18 heavy (non-hydrogen) atoms. The number of hydrogen-bond acceptors (Lipinski definition) is 2. The smallest absolute Gasteiger partial charge is 0.0474 e. The van der Waals surface area contributed by atoms with Crippen LogP contribution in [0, 0.1) is 17.3 Å². The topological polar surface area (TPSA) is 21.3 Å². The van der Waals surface area contributed by atoms with Crippen molar-refractivity contribution in [1.29, 1.82) is 0 Å². The van der Waals surface area contributed by atoms with E-state index in [0.717, 1.165) is 45.1 Å². The maximum absolute atomic E-state index is 5.69. The van der Waals surface area contributed by atoms with Crippen molar-refractivity contribution in [3.8, 4) is 0 Å². The van der Waals surface area contributed by atoms with Crippen LogP contribution in [0.2, 0.25) is 0 Å². The Morgan fingerprint density at radius 3 is 2.33 bits per heavy atom. The minimum absolute atomic E-state index is 0.146. The van der Waals surface area contributed by atoms with E-state index in [1.54, 1.807) is 0 Å². The monoisotopic (exact) mass is 255 g/mol. The number of ether oxygens (including phenoxy) is 1. The number of nitrogens with one attached hydrogen (secondary N) is 1. The fourth-order valence-electron chi connectivity index (χ4n) is 1.64. The molecule has 0 amide bonds. The van der Waals surface area contributed by atoms with Crippen LogP contribution < -0.4 is 5.32 Å². The Kier molecular flexibility index (Phi) is 9.39. The highest BCUT2D eigenvalue weighted by Gasteiger charge is 2.19. The van der Waals surface area contributed by atoms with Gasteiger partial charge >= 0.3 is 0 Å². The molecule has 0 aliphatic carbocycles. The summed E-state index contributed by atoms with van der Waals surface area (Å²) in [5.41, 5.74) is 0.146. The molecule has 0 rings (SSSR count). The van der Waals surface area contributed by atoms with Gasteiger partial charge in [0, 0.05) is 19.8 Å². The molecule has 2 heteroatoms. The summed E-state index contributed by atoms with van der Waals surface area (Å²) in [6.07, 6.45) is 4.25. The molecule has 0 aliphatic rings. The van der Waals surface area contributed by atoms with Crippen molar-refractivity contribution < 1.29 is 4.74 Å². The van der Waals surface area contributed by atoms with Gasteiger partial charge in [0.25, 0.3) is 0 Å². The Hall–Kier alpha value is -0.340. The van der Waals surface area contributed by atoms with E-state index in [9.17, 15) is 0 Å². The lowest BCUT2D eigenvalue weighted by molar-refractivity contribution is 0.101. The fourth-order valence-corrected chi connectivity index (χ4v) is 1.64. The summed E-state index contributed by atoms with van der Waals surface area (Å²) >= 11 is 0. The molecule has 0 aliphatic heterocycles. The van der Waals surface area contributed by atoms with Gasteiger partial charge in [-0.15, -0.1) is 6.58 Å². The largest absolute Gasteiger partial charge is 0.381 e. The summed E-state index contributed by atoms with van der Waals surface area (Å²) in [7, 11) is 0. The Labute approximate surface area is 114 Å². The first kappa shape index (κ1) is 17.7. The van der Waals surface area contributed by atoms with E-state index >= 15 is 0 Å². The lowest BCUT2D eigenvalue weighted by atomic mass is 9.87. The minimum atomic E-state index is 0.146. The molecule has 0 spiro atoms. The summed E-state index contributed by atoms with van der Waals surface area (Å²) in [6.45, 7) is 18.9. The third-order valence-electron chi connectivity index (χ3n) is 3.23. The van der Waals surface area contributed by atoms with Gasteiger partial charge in [0.05, 0.1) is 0 Å². The number of hydrogen-bond donors (Lipinski definition) is 1. The summed E-state index contributed by atoms with van der Waals surface area (Å²) in [4.78, 5) is 0. The quantitative estimate of drug-likeness (QED) is 0.447. The lowest BCUT2D eigenvalue weighted by Gasteiger charge is -2.26. The van der Waals surface area contributed by atoms with E-state index in [4.69, 9.17) is 4.74 Å². The SMILES string of the molecule is C=CC(C)(CCOCCC(C)C)CNCC(C)C. The molecule has 0 saturated carbocycles. The van der Waals surface area contributed by atoms with E-state index in [1.807, 2.05) is 0 Å². The van der Waals surface area contributed by atoms with Crippen molar-refractivity contribution in [3.05, 3.63) is 12.7 Å². The van der Waals surface area contributed by atoms with Crippen LogP contribution in [0.4, 0.5) is 0 Å². The van der Waals surface area contributed by atoms with Gasteiger partial charge in [-0.1, -0.05) is 40.7 Å². The Morgan fingerprint density at radius 1 is 1.17 bits per heavy atom. The zero-order chi connectivity index (χ0) is 14.0. The minimum Gasteiger partial charge on any atom is -0.381 e. The van der Waals surface area contributed by atoms with Crippen LogP contribution in [0.5, 0.6) is 0 Å². The second kappa shape index (κ2) is 9.57. The van der Waals surface area contributed by atoms with Crippen LogP contribution in [-0.2, 0) is 4.74 Å². The first-order chi connectivity index (χ1) is 8.39. The molecule has 1 atom stereocenters. The fraction of sp³-hybridized carbons (Fsp3) is 0.875. The van der Waals surface area contributed by atoms with E-state index in [-0.39, 0.29) is 5.41 Å². The Balaban J connectivity index is 3.75. The van der Waals surface area contributed by atoms with Gasteiger partial charge in [-0.2, -0.15) is 0 Å². The summed E-state index contributed by atoms with van der Waals surface area (Å²) in [5, 5.41) is 3.51. The third kappa shape index (κ3) is 9.67. The van der Waals surface area contributed by atoms with Crippen LogP contribution in [0.3, 0.4) is 0 Å². The normalized spacial score (nSPS) is 15.1. The average molecular weight is 255 g/mol. The number of rotatable bonds is 11. The second-order valence-electron chi connectivity index (χ2n) is 6.43. The molecule has 0 aromatic heterocycles. The predicted octanol–water partition coefficient (Wildman–Crippen LogP) is 3.88. The zero-order valence-electron chi connectivity index (χ0n) is 13.1. The average Bonchev–Trinajstić information content (AvgIpc) is 2.27. The van der Waals surface area contributed by atoms with Crippen LogP contribution in [-0.4, -0.2) is 26.3 Å². The van der Waals surface area contributed by atoms with Crippen LogP contribution >= 0.6 is 0 Å². The molecular weight excluding hydrogens is 222 g/mol. The van der Waals surface area contributed by atoms with Gasteiger partial charge in [-0.3, -0.25) is 0 Å². The standard InChI is InChI=1S/C16H33NO/c1-7-16(6,13-17-12-15(4)5)9-11-18-10-8-14(2)3/h7,14-15,17H,1,8-13H2,2-6H3. The first-order valence-corrected chi connectivity index (χ1v) is 7.31. The molecule has 0 aromatic rings. The second-order valence-corrected chi connectivity index (χ2v) is 6.43. The van der Waals surface area contributed by atoms with Gasteiger partial charge in [-0.05, 0) is 36.6 Å². The lowest BCUT2D eigenvalue weighted by Crippen LogP contribution is -2.33. The van der Waals surface area contributed by atoms with Gasteiger partial charge < -0.3 is 10.1 Å². The Morgan fingerprint density at radius 2 is 1.83 bits per heavy atom. The van der Waals surface area contributed by atoms with Crippen molar-refractivity contribution >= 4 is 0 Å². The van der Waals surface area contributed by atoms with Crippen molar-refractivity contribution in [2.75, 3.05) is 26.3 Å². The zero-order valence-corrected chi connectivity index (χ0v) is 13.1. The third-order valence-corrected chi connectivity index (χ3v) is 3.23. The van der Waals surface area contributed by atoms with Crippen molar-refractivity contribution in [1.82, 2.24) is 5.32 Å². The molecule has 0 bridgehead atoms. The van der Waals surface area contributed by atoms with E-state index < -0.39 is 0 Å². The van der Waals surface area contributed by atoms with Crippen LogP contribution in [0.25, 0.3) is 0 Å². The first-order valence-electron chi connectivity index (χ1n) is 7.31. The molecule has 1 N–H and O–H groups in total. The molecule has 108 valence electrons. The van der Waals surface area contributed by atoms with Crippen molar-refractivity contribution in [2.24, 2.45) is 17.3 Å². The molecule has 0 heterocycles. The maximum Gasteiger partial charge on any atom is 0.0474 e. The van der Waals surface area contributed by atoms with E-state index in [2.05, 4.69) is 52.6 Å².